The maximum atomic E-state index is 13.2. The fraction of sp³-hybridized carbons (Fsp3) is 0.364. The number of phenolic OH excluding ortho intramolecular Hbond substituents is 1. The zero-order chi connectivity index (χ0) is 22.5. The number of hydrogen-bond acceptors (Lipinski definition) is 6. The Morgan fingerprint density at radius 1 is 1.10 bits per heavy atom. The van der Waals surface area contributed by atoms with Crippen molar-refractivity contribution >= 4 is 17.6 Å². The van der Waals surface area contributed by atoms with Crippen LogP contribution in [-0.2, 0) is 17.9 Å². The van der Waals surface area contributed by atoms with Gasteiger partial charge in [-0.05, 0) is 57.9 Å². The van der Waals surface area contributed by atoms with E-state index in [2.05, 4.69) is 10.3 Å². The zero-order valence-electron chi connectivity index (χ0n) is 18.2. The predicted octanol–water partition coefficient (Wildman–Crippen LogP) is 3.30. The summed E-state index contributed by atoms with van der Waals surface area (Å²) in [5, 5.41) is 18.1. The highest BCUT2D eigenvalue weighted by molar-refractivity contribution is 6.22. The third-order valence-corrected chi connectivity index (χ3v) is 5.67. The quantitative estimate of drug-likeness (QED) is 0.632. The topological polar surface area (TPSA) is 105 Å². The van der Waals surface area contributed by atoms with Gasteiger partial charge in [-0.2, -0.15) is 5.10 Å². The fourth-order valence-electron chi connectivity index (χ4n) is 3.89. The molecule has 0 atom stereocenters. The summed E-state index contributed by atoms with van der Waals surface area (Å²) in [5.41, 5.74) is 2.68. The van der Waals surface area contributed by atoms with Crippen LogP contribution in [0, 0.1) is 20.8 Å². The number of aryl methyl sites for hydroxylation is 3. The maximum Gasteiger partial charge on any atom is 0.332 e. The van der Waals surface area contributed by atoms with E-state index >= 15 is 0 Å². The highest BCUT2D eigenvalue weighted by atomic mass is 16.5. The van der Waals surface area contributed by atoms with E-state index in [1.54, 1.807) is 36.9 Å². The number of amides is 3. The molecule has 0 bridgehead atoms. The summed E-state index contributed by atoms with van der Waals surface area (Å²) < 4.78 is 6.84. The lowest BCUT2D eigenvalue weighted by Gasteiger charge is -2.27. The molecular weight excluding hydrogens is 398 g/mol. The summed E-state index contributed by atoms with van der Waals surface area (Å²) in [7, 11) is 0. The number of aromatic nitrogens is 3. The molecule has 1 N–H and O–H groups in total. The molecule has 1 aliphatic rings. The molecule has 1 aromatic carbocycles. The summed E-state index contributed by atoms with van der Waals surface area (Å²) in [4.78, 5) is 29.1. The van der Waals surface area contributed by atoms with Crippen LogP contribution in [0.25, 0.3) is 0 Å². The second-order valence-electron chi connectivity index (χ2n) is 8.44. The van der Waals surface area contributed by atoms with Crippen LogP contribution in [0.15, 0.2) is 35.1 Å². The molecule has 3 heterocycles. The molecule has 1 saturated heterocycles. The second-order valence-corrected chi connectivity index (χ2v) is 8.44. The molecule has 9 heteroatoms. The zero-order valence-corrected chi connectivity index (χ0v) is 18.2. The standard InChI is InChI=1S/C22H25N5O4/c1-13-6-16(8-18(28)7-13)10-26-21(30)27(20(29)22(26,4)5)17-9-23-25(11-17)12-19-14(2)24-31-15(19)3/h6-9,11,28H,10,12H2,1-5H3. The first kappa shape index (κ1) is 20.6. The Bertz CT molecular complexity index is 1140. The molecule has 0 unspecified atom stereocenters. The third kappa shape index (κ3) is 3.56. The SMILES string of the molecule is Cc1cc(O)cc(CN2C(=O)N(c3cnn(Cc4c(C)noc4C)c3)C(=O)C2(C)C)c1. The lowest BCUT2D eigenvalue weighted by atomic mass is 10.0. The number of urea groups is 1. The highest BCUT2D eigenvalue weighted by Crippen LogP contribution is 2.33. The third-order valence-electron chi connectivity index (χ3n) is 5.67. The molecule has 1 aliphatic heterocycles. The molecule has 1 fully saturated rings. The molecule has 3 aromatic rings. The largest absolute Gasteiger partial charge is 0.508 e. The lowest BCUT2D eigenvalue weighted by molar-refractivity contribution is -0.123. The average molecular weight is 423 g/mol. The Labute approximate surface area is 179 Å². The molecule has 31 heavy (non-hydrogen) atoms. The van der Waals surface area contributed by atoms with E-state index < -0.39 is 11.6 Å². The average Bonchev–Trinajstić information content (AvgIpc) is 3.31. The monoisotopic (exact) mass is 423 g/mol. The number of benzene rings is 1. The molecule has 0 aliphatic carbocycles. The minimum absolute atomic E-state index is 0.128. The van der Waals surface area contributed by atoms with Gasteiger partial charge in [0, 0.05) is 18.3 Å². The van der Waals surface area contributed by atoms with E-state index in [1.165, 1.54) is 11.1 Å². The van der Waals surface area contributed by atoms with Crippen LogP contribution >= 0.6 is 0 Å². The molecule has 0 radical (unpaired) electrons. The van der Waals surface area contributed by atoms with Crippen molar-refractivity contribution in [1.82, 2.24) is 19.8 Å². The van der Waals surface area contributed by atoms with Crippen LogP contribution < -0.4 is 4.90 Å². The van der Waals surface area contributed by atoms with Gasteiger partial charge in [0.1, 0.15) is 17.0 Å². The van der Waals surface area contributed by atoms with E-state index in [4.69, 9.17) is 4.52 Å². The number of hydrogen-bond donors (Lipinski definition) is 1. The van der Waals surface area contributed by atoms with Gasteiger partial charge in [0.2, 0.25) is 0 Å². The van der Waals surface area contributed by atoms with Crippen molar-refractivity contribution in [2.75, 3.05) is 4.90 Å². The Kier molecular flexibility index (Phi) is 4.83. The number of nitrogens with zero attached hydrogens (tertiary/aromatic N) is 5. The summed E-state index contributed by atoms with van der Waals surface area (Å²) >= 11 is 0. The summed E-state index contributed by atoms with van der Waals surface area (Å²) in [6, 6.07) is 4.71. The first-order chi connectivity index (χ1) is 14.6. The number of carbonyl (C=O) groups excluding carboxylic acids is 2. The summed E-state index contributed by atoms with van der Waals surface area (Å²) in [5.74, 6) is 0.506. The van der Waals surface area contributed by atoms with Crippen molar-refractivity contribution in [1.29, 1.82) is 0 Å². The Balaban J connectivity index is 1.60. The number of rotatable bonds is 5. The van der Waals surface area contributed by atoms with Crippen LogP contribution in [-0.4, -0.2) is 42.4 Å². The van der Waals surface area contributed by atoms with Gasteiger partial charge < -0.3 is 14.5 Å². The minimum Gasteiger partial charge on any atom is -0.508 e. The van der Waals surface area contributed by atoms with Crippen LogP contribution in [0.1, 0.15) is 42.0 Å². The molecule has 0 saturated carbocycles. The molecule has 0 spiro atoms. The number of anilines is 1. The van der Waals surface area contributed by atoms with E-state index in [1.807, 2.05) is 26.8 Å². The Hall–Kier alpha value is -3.62. The van der Waals surface area contributed by atoms with E-state index in [0.29, 0.717) is 18.0 Å². The molecule has 2 aromatic heterocycles. The predicted molar refractivity (Wildman–Crippen MR) is 113 cm³/mol. The molecular formula is C22H25N5O4. The second kappa shape index (κ2) is 7.26. The van der Waals surface area contributed by atoms with Gasteiger partial charge in [0.05, 0.1) is 24.1 Å². The Morgan fingerprint density at radius 2 is 1.84 bits per heavy atom. The fourth-order valence-corrected chi connectivity index (χ4v) is 3.89. The first-order valence-corrected chi connectivity index (χ1v) is 9.98. The minimum atomic E-state index is -1.04. The molecule has 9 nitrogen and oxygen atoms in total. The van der Waals surface area contributed by atoms with Crippen molar-refractivity contribution in [3.8, 4) is 5.75 Å². The number of aromatic hydroxyl groups is 1. The number of carbonyl (C=O) groups is 2. The van der Waals surface area contributed by atoms with Gasteiger partial charge in [-0.1, -0.05) is 11.2 Å². The highest BCUT2D eigenvalue weighted by Gasteiger charge is 2.52. The lowest BCUT2D eigenvalue weighted by Crippen LogP contribution is -2.43. The molecule has 3 amide bonds. The van der Waals surface area contributed by atoms with Crippen molar-refractivity contribution in [3.05, 3.63) is 58.7 Å². The van der Waals surface area contributed by atoms with E-state index in [-0.39, 0.29) is 18.2 Å². The Morgan fingerprint density at radius 3 is 2.48 bits per heavy atom. The smallest absolute Gasteiger partial charge is 0.332 e. The van der Waals surface area contributed by atoms with Crippen molar-refractivity contribution in [2.24, 2.45) is 0 Å². The molecule has 4 rings (SSSR count). The van der Waals surface area contributed by atoms with Gasteiger partial charge in [-0.25, -0.2) is 9.69 Å². The molecule has 162 valence electrons. The van der Waals surface area contributed by atoms with Crippen LogP contribution in [0.3, 0.4) is 0 Å². The first-order valence-electron chi connectivity index (χ1n) is 9.98. The van der Waals surface area contributed by atoms with Gasteiger partial charge in [-0.3, -0.25) is 9.48 Å². The van der Waals surface area contributed by atoms with Crippen LogP contribution in [0.5, 0.6) is 5.75 Å². The summed E-state index contributed by atoms with van der Waals surface area (Å²) in [6.07, 6.45) is 3.17. The maximum absolute atomic E-state index is 13.2. The van der Waals surface area contributed by atoms with Crippen molar-refractivity contribution in [2.45, 2.75) is 53.2 Å². The van der Waals surface area contributed by atoms with Crippen LogP contribution in [0.4, 0.5) is 10.5 Å². The normalized spacial score (nSPS) is 15.9. The van der Waals surface area contributed by atoms with Crippen molar-refractivity contribution < 1.29 is 19.2 Å². The number of phenols is 1. The van der Waals surface area contributed by atoms with Gasteiger partial charge in [0.15, 0.2) is 0 Å². The van der Waals surface area contributed by atoms with Gasteiger partial charge >= 0.3 is 6.03 Å². The van der Waals surface area contributed by atoms with Gasteiger partial charge in [-0.15, -0.1) is 0 Å². The van der Waals surface area contributed by atoms with E-state index in [9.17, 15) is 14.7 Å². The van der Waals surface area contributed by atoms with Crippen molar-refractivity contribution in [3.63, 3.8) is 0 Å². The van der Waals surface area contributed by atoms with Crippen LogP contribution in [0.2, 0.25) is 0 Å². The van der Waals surface area contributed by atoms with Gasteiger partial charge in [0.25, 0.3) is 5.91 Å². The van der Waals surface area contributed by atoms with E-state index in [0.717, 1.165) is 27.3 Å². The summed E-state index contributed by atoms with van der Waals surface area (Å²) in [6.45, 7) is 9.62. The number of imide groups is 1.